The van der Waals surface area contributed by atoms with E-state index in [-0.39, 0.29) is 29.5 Å². The number of ether oxygens (including phenoxy) is 1. The Balaban J connectivity index is 2.29. The van der Waals surface area contributed by atoms with Gasteiger partial charge in [0.1, 0.15) is 0 Å². The molecule has 22 heavy (non-hydrogen) atoms. The Morgan fingerprint density at radius 1 is 1.09 bits per heavy atom. The minimum absolute atomic E-state index is 0.0130. The van der Waals surface area contributed by atoms with Crippen LogP contribution in [-0.4, -0.2) is 62.8 Å². The van der Waals surface area contributed by atoms with Crippen molar-refractivity contribution in [2.45, 2.75) is 11.8 Å². The molecule has 1 saturated heterocycles. The molecule has 120 valence electrons. The van der Waals surface area contributed by atoms with Crippen LogP contribution in [0.3, 0.4) is 0 Å². The Morgan fingerprint density at radius 3 is 2.23 bits per heavy atom. The van der Waals surface area contributed by atoms with Crippen LogP contribution < -0.4 is 0 Å². The first-order chi connectivity index (χ1) is 10.4. The number of piperazine rings is 1. The molecule has 0 spiro atoms. The molecule has 1 fully saturated rings. The van der Waals surface area contributed by atoms with Gasteiger partial charge in [0.25, 0.3) is 0 Å². The zero-order chi connectivity index (χ0) is 16.3. The quantitative estimate of drug-likeness (QED) is 0.747. The van der Waals surface area contributed by atoms with Gasteiger partial charge in [-0.2, -0.15) is 4.31 Å². The fourth-order valence-electron chi connectivity index (χ4n) is 2.35. The average molecular weight is 326 g/mol. The molecule has 0 aromatic heterocycles. The van der Waals surface area contributed by atoms with Gasteiger partial charge in [0.2, 0.25) is 15.9 Å². The highest BCUT2D eigenvalue weighted by atomic mass is 32.2. The molecule has 1 aromatic rings. The Kier molecular flexibility index (Phi) is 4.82. The van der Waals surface area contributed by atoms with Crippen LogP contribution in [0.2, 0.25) is 0 Å². The van der Waals surface area contributed by atoms with Crippen molar-refractivity contribution in [1.29, 1.82) is 0 Å². The van der Waals surface area contributed by atoms with Crippen LogP contribution >= 0.6 is 0 Å². The number of nitrogens with zero attached hydrogens (tertiary/aromatic N) is 2. The average Bonchev–Trinajstić information content (AvgIpc) is 2.54. The van der Waals surface area contributed by atoms with Crippen molar-refractivity contribution in [2.75, 3.05) is 33.3 Å². The summed E-state index contributed by atoms with van der Waals surface area (Å²) in [6.45, 7) is 2.55. The molecule has 1 aromatic carbocycles. The number of carbonyl (C=O) groups excluding carboxylic acids is 2. The minimum Gasteiger partial charge on any atom is -0.465 e. The second kappa shape index (κ2) is 6.45. The first-order valence-electron chi connectivity index (χ1n) is 6.81. The molecule has 0 aliphatic carbocycles. The van der Waals surface area contributed by atoms with Crippen molar-refractivity contribution in [1.82, 2.24) is 9.21 Å². The predicted molar refractivity (Wildman–Crippen MR) is 78.8 cm³/mol. The van der Waals surface area contributed by atoms with E-state index >= 15 is 0 Å². The molecule has 0 unspecified atom stereocenters. The Hall–Kier alpha value is -1.93. The van der Waals surface area contributed by atoms with Crippen molar-refractivity contribution in [2.24, 2.45) is 0 Å². The minimum atomic E-state index is -3.80. The van der Waals surface area contributed by atoms with E-state index in [0.717, 1.165) is 0 Å². The van der Waals surface area contributed by atoms with Gasteiger partial charge in [0.05, 0.1) is 17.6 Å². The summed E-state index contributed by atoms with van der Waals surface area (Å²) in [5.41, 5.74) is 0.0130. The van der Waals surface area contributed by atoms with Crippen molar-refractivity contribution < 1.29 is 22.7 Å². The molecule has 2 rings (SSSR count). The highest BCUT2D eigenvalue weighted by Gasteiger charge is 2.32. The SMILES string of the molecule is COC(=O)c1ccccc1S(=O)(=O)N1CCN(C(C)=O)CC1. The molecule has 1 aliphatic rings. The van der Waals surface area contributed by atoms with E-state index in [1.54, 1.807) is 17.0 Å². The molecule has 7 nitrogen and oxygen atoms in total. The van der Waals surface area contributed by atoms with Gasteiger partial charge in [0.15, 0.2) is 0 Å². The smallest absolute Gasteiger partial charge is 0.339 e. The fourth-order valence-corrected chi connectivity index (χ4v) is 3.95. The second-order valence-electron chi connectivity index (χ2n) is 4.90. The molecule has 0 saturated carbocycles. The standard InChI is InChI=1S/C14H18N2O5S/c1-11(17)15-7-9-16(10-8-15)22(19,20)13-6-4-3-5-12(13)14(18)21-2/h3-6H,7-10H2,1-2H3. The molecule has 1 amide bonds. The molecule has 8 heteroatoms. The topological polar surface area (TPSA) is 84.0 Å². The lowest BCUT2D eigenvalue weighted by molar-refractivity contribution is -0.129. The number of benzene rings is 1. The van der Waals surface area contributed by atoms with Gasteiger partial charge < -0.3 is 9.64 Å². The third kappa shape index (κ3) is 3.12. The summed E-state index contributed by atoms with van der Waals surface area (Å²) in [7, 11) is -2.60. The van der Waals surface area contributed by atoms with Crippen LogP contribution in [0, 0.1) is 0 Å². The highest BCUT2D eigenvalue weighted by Crippen LogP contribution is 2.22. The number of rotatable bonds is 3. The van der Waals surface area contributed by atoms with Gasteiger partial charge in [-0.1, -0.05) is 12.1 Å². The van der Waals surface area contributed by atoms with E-state index in [1.165, 1.54) is 30.5 Å². The normalized spacial score (nSPS) is 16.4. The van der Waals surface area contributed by atoms with Gasteiger partial charge in [-0.25, -0.2) is 13.2 Å². The number of hydrogen-bond donors (Lipinski definition) is 0. The van der Waals surface area contributed by atoms with Crippen LogP contribution in [-0.2, 0) is 19.6 Å². The van der Waals surface area contributed by atoms with Crippen LogP contribution in [0.15, 0.2) is 29.2 Å². The zero-order valence-electron chi connectivity index (χ0n) is 12.5. The predicted octanol–water partition coefficient (Wildman–Crippen LogP) is 0.326. The monoisotopic (exact) mass is 326 g/mol. The van der Waals surface area contributed by atoms with Crippen LogP contribution in [0.1, 0.15) is 17.3 Å². The van der Waals surface area contributed by atoms with Crippen LogP contribution in [0.4, 0.5) is 0 Å². The summed E-state index contributed by atoms with van der Waals surface area (Å²) in [4.78, 5) is 24.6. The molecule has 0 bridgehead atoms. The van der Waals surface area contributed by atoms with E-state index in [9.17, 15) is 18.0 Å². The number of carbonyl (C=O) groups is 2. The summed E-state index contributed by atoms with van der Waals surface area (Å²) in [6, 6.07) is 5.95. The summed E-state index contributed by atoms with van der Waals surface area (Å²) in [6.07, 6.45) is 0. The molecular weight excluding hydrogens is 308 g/mol. The molecular formula is C14H18N2O5S. The second-order valence-corrected chi connectivity index (χ2v) is 6.80. The van der Waals surface area contributed by atoms with Gasteiger partial charge in [-0.3, -0.25) is 4.79 Å². The molecule has 0 radical (unpaired) electrons. The van der Waals surface area contributed by atoms with Gasteiger partial charge in [0, 0.05) is 33.1 Å². The van der Waals surface area contributed by atoms with Crippen molar-refractivity contribution in [3.05, 3.63) is 29.8 Å². The maximum atomic E-state index is 12.7. The van der Waals surface area contributed by atoms with Gasteiger partial charge in [-0.15, -0.1) is 0 Å². The van der Waals surface area contributed by atoms with Gasteiger partial charge in [-0.05, 0) is 12.1 Å². The van der Waals surface area contributed by atoms with E-state index < -0.39 is 16.0 Å². The Labute approximate surface area is 129 Å². The first kappa shape index (κ1) is 16.4. The van der Waals surface area contributed by atoms with Crippen molar-refractivity contribution >= 4 is 21.9 Å². The van der Waals surface area contributed by atoms with E-state index in [4.69, 9.17) is 0 Å². The maximum absolute atomic E-state index is 12.7. The van der Waals surface area contributed by atoms with Gasteiger partial charge >= 0.3 is 5.97 Å². The number of sulfonamides is 1. The Morgan fingerprint density at radius 2 is 1.68 bits per heavy atom. The summed E-state index contributed by atoms with van der Waals surface area (Å²) in [5, 5.41) is 0. The largest absolute Gasteiger partial charge is 0.465 e. The maximum Gasteiger partial charge on any atom is 0.339 e. The number of hydrogen-bond acceptors (Lipinski definition) is 5. The molecule has 0 N–H and O–H groups in total. The van der Waals surface area contributed by atoms with E-state index in [2.05, 4.69) is 4.74 Å². The lowest BCUT2D eigenvalue weighted by Gasteiger charge is -2.33. The molecule has 1 aliphatic heterocycles. The van der Waals surface area contributed by atoms with E-state index in [0.29, 0.717) is 13.1 Å². The lowest BCUT2D eigenvalue weighted by Crippen LogP contribution is -2.50. The fraction of sp³-hybridized carbons (Fsp3) is 0.429. The van der Waals surface area contributed by atoms with Crippen molar-refractivity contribution in [3.63, 3.8) is 0 Å². The summed E-state index contributed by atoms with van der Waals surface area (Å²) in [5.74, 6) is -0.770. The summed E-state index contributed by atoms with van der Waals surface area (Å²) >= 11 is 0. The molecule has 1 heterocycles. The van der Waals surface area contributed by atoms with Crippen LogP contribution in [0.5, 0.6) is 0 Å². The lowest BCUT2D eigenvalue weighted by atomic mass is 10.2. The third-order valence-corrected chi connectivity index (χ3v) is 5.55. The Bertz CT molecular complexity index is 678. The van der Waals surface area contributed by atoms with E-state index in [1.807, 2.05) is 0 Å². The number of methoxy groups -OCH3 is 1. The van der Waals surface area contributed by atoms with Crippen LogP contribution in [0.25, 0.3) is 0 Å². The first-order valence-corrected chi connectivity index (χ1v) is 8.25. The molecule has 0 atom stereocenters. The third-order valence-electron chi connectivity index (χ3n) is 3.59. The summed E-state index contributed by atoms with van der Waals surface area (Å²) < 4.78 is 31.4. The number of amides is 1. The zero-order valence-corrected chi connectivity index (χ0v) is 13.3. The number of esters is 1. The van der Waals surface area contributed by atoms with Crippen molar-refractivity contribution in [3.8, 4) is 0 Å². The highest BCUT2D eigenvalue weighted by molar-refractivity contribution is 7.89.